The Morgan fingerprint density at radius 3 is 2.57 bits per heavy atom. The average molecular weight is 322 g/mol. The van der Waals surface area contributed by atoms with Gasteiger partial charge in [-0.1, -0.05) is 12.1 Å². The van der Waals surface area contributed by atoms with Gasteiger partial charge in [0.25, 0.3) is 5.56 Å². The van der Waals surface area contributed by atoms with Crippen LogP contribution in [0, 0.1) is 5.82 Å². The zero-order chi connectivity index (χ0) is 17.0. The molecule has 122 valence electrons. The van der Waals surface area contributed by atoms with Gasteiger partial charge in [0.05, 0.1) is 0 Å². The zero-order valence-electron chi connectivity index (χ0n) is 12.3. The lowest BCUT2D eigenvalue weighted by Crippen LogP contribution is -2.42. The number of benzene rings is 1. The van der Waals surface area contributed by atoms with Gasteiger partial charge in [-0.15, -0.1) is 0 Å². The van der Waals surface area contributed by atoms with Crippen molar-refractivity contribution in [1.82, 2.24) is 9.55 Å². The SMILES string of the molecule is CCOC(Cc1ccc(F)cc1)n1c(=O)[nH]cc(C(=O)O)c1=O. The summed E-state index contributed by atoms with van der Waals surface area (Å²) in [6.45, 7) is 1.88. The lowest BCUT2D eigenvalue weighted by Gasteiger charge is -2.19. The van der Waals surface area contributed by atoms with Crippen LogP contribution in [0.15, 0.2) is 40.1 Å². The monoisotopic (exact) mass is 322 g/mol. The van der Waals surface area contributed by atoms with Crippen LogP contribution in [0.25, 0.3) is 0 Å². The van der Waals surface area contributed by atoms with Crippen molar-refractivity contribution in [3.05, 3.63) is 68.2 Å². The van der Waals surface area contributed by atoms with Gasteiger partial charge in [0.15, 0.2) is 0 Å². The molecule has 0 amide bonds. The smallest absolute Gasteiger partial charge is 0.342 e. The molecule has 2 rings (SSSR count). The first-order valence-electron chi connectivity index (χ1n) is 6.87. The van der Waals surface area contributed by atoms with E-state index in [2.05, 4.69) is 4.98 Å². The summed E-state index contributed by atoms with van der Waals surface area (Å²) in [5.41, 5.74) is -1.66. The molecule has 0 bridgehead atoms. The van der Waals surface area contributed by atoms with Crippen LogP contribution in [0.1, 0.15) is 29.1 Å². The molecule has 2 aromatic rings. The third-order valence-electron chi connectivity index (χ3n) is 3.21. The minimum atomic E-state index is -1.45. The Bertz CT molecular complexity index is 810. The van der Waals surface area contributed by atoms with Gasteiger partial charge in [-0.3, -0.25) is 4.79 Å². The zero-order valence-corrected chi connectivity index (χ0v) is 12.3. The van der Waals surface area contributed by atoms with E-state index in [1.807, 2.05) is 0 Å². The highest BCUT2D eigenvalue weighted by Crippen LogP contribution is 2.14. The fourth-order valence-electron chi connectivity index (χ4n) is 2.14. The molecule has 0 radical (unpaired) electrons. The third kappa shape index (κ3) is 3.72. The number of aromatic carboxylic acids is 1. The summed E-state index contributed by atoms with van der Waals surface area (Å²) in [6.07, 6.45) is -0.0362. The van der Waals surface area contributed by atoms with Crippen LogP contribution in [0.5, 0.6) is 0 Å². The van der Waals surface area contributed by atoms with Crippen LogP contribution in [0.2, 0.25) is 0 Å². The van der Waals surface area contributed by atoms with Gasteiger partial charge in [-0.2, -0.15) is 0 Å². The van der Waals surface area contributed by atoms with Crippen LogP contribution in [-0.2, 0) is 11.2 Å². The fourth-order valence-corrected chi connectivity index (χ4v) is 2.14. The number of nitrogens with one attached hydrogen (secondary N) is 1. The van der Waals surface area contributed by atoms with Gasteiger partial charge in [0.2, 0.25) is 0 Å². The number of carboxylic acid groups (broad SMARTS) is 1. The summed E-state index contributed by atoms with van der Waals surface area (Å²) >= 11 is 0. The first-order chi connectivity index (χ1) is 10.9. The molecule has 0 aliphatic carbocycles. The van der Waals surface area contributed by atoms with E-state index < -0.39 is 34.8 Å². The second-order valence-corrected chi connectivity index (χ2v) is 4.73. The van der Waals surface area contributed by atoms with Crippen molar-refractivity contribution in [2.75, 3.05) is 6.61 Å². The molecule has 2 N–H and O–H groups in total. The summed E-state index contributed by atoms with van der Waals surface area (Å²) in [7, 11) is 0. The predicted octanol–water partition coefficient (Wildman–Crippen LogP) is 1.15. The van der Waals surface area contributed by atoms with E-state index in [0.29, 0.717) is 5.56 Å². The van der Waals surface area contributed by atoms with Crippen LogP contribution in [0.4, 0.5) is 4.39 Å². The molecule has 1 unspecified atom stereocenters. The highest BCUT2D eigenvalue weighted by molar-refractivity contribution is 5.86. The standard InChI is InChI=1S/C15H15FN2O5/c1-2-23-12(7-9-3-5-10(16)6-4-9)18-13(19)11(14(20)21)8-17-15(18)22/h3-6,8,12H,2,7H2,1H3,(H,17,22)(H,20,21). The first-order valence-corrected chi connectivity index (χ1v) is 6.87. The van der Waals surface area contributed by atoms with Crippen molar-refractivity contribution in [3.8, 4) is 0 Å². The van der Waals surface area contributed by atoms with Gasteiger partial charge < -0.3 is 14.8 Å². The van der Waals surface area contributed by atoms with E-state index in [4.69, 9.17) is 9.84 Å². The van der Waals surface area contributed by atoms with E-state index in [9.17, 15) is 18.8 Å². The number of hydrogen-bond acceptors (Lipinski definition) is 4. The summed E-state index contributed by atoms with van der Waals surface area (Å²) in [4.78, 5) is 37.4. The number of aromatic amines is 1. The summed E-state index contributed by atoms with van der Waals surface area (Å²) in [5, 5.41) is 9.00. The highest BCUT2D eigenvalue weighted by atomic mass is 19.1. The summed E-state index contributed by atoms with van der Waals surface area (Å²) in [6, 6.07) is 5.50. The van der Waals surface area contributed by atoms with E-state index >= 15 is 0 Å². The largest absolute Gasteiger partial charge is 0.477 e. The average Bonchev–Trinajstić information content (AvgIpc) is 2.49. The number of carbonyl (C=O) groups is 1. The van der Waals surface area contributed by atoms with Crippen LogP contribution < -0.4 is 11.2 Å². The van der Waals surface area contributed by atoms with Gasteiger partial charge in [0.1, 0.15) is 17.6 Å². The number of aromatic nitrogens is 2. The molecule has 0 saturated heterocycles. The van der Waals surface area contributed by atoms with E-state index in [0.717, 1.165) is 10.8 Å². The van der Waals surface area contributed by atoms with E-state index in [1.165, 1.54) is 24.3 Å². The molecule has 0 spiro atoms. The Morgan fingerprint density at radius 2 is 2.00 bits per heavy atom. The molecular formula is C15H15FN2O5. The Morgan fingerprint density at radius 1 is 1.35 bits per heavy atom. The van der Waals surface area contributed by atoms with Gasteiger partial charge in [-0.05, 0) is 24.6 Å². The van der Waals surface area contributed by atoms with E-state index in [1.54, 1.807) is 6.92 Å². The van der Waals surface area contributed by atoms with Crippen molar-refractivity contribution < 1.29 is 19.0 Å². The van der Waals surface area contributed by atoms with Crippen molar-refractivity contribution in [2.24, 2.45) is 0 Å². The Labute approximate surface area is 130 Å². The summed E-state index contributed by atoms with van der Waals surface area (Å²) < 4.78 is 19.1. The first kappa shape index (κ1) is 16.6. The number of ether oxygens (including phenoxy) is 1. The molecule has 7 nitrogen and oxygen atoms in total. The van der Waals surface area contributed by atoms with Crippen molar-refractivity contribution in [3.63, 3.8) is 0 Å². The maximum atomic E-state index is 13.0. The van der Waals surface area contributed by atoms with Crippen molar-refractivity contribution in [2.45, 2.75) is 19.6 Å². The second-order valence-electron chi connectivity index (χ2n) is 4.73. The van der Waals surface area contributed by atoms with Crippen molar-refractivity contribution >= 4 is 5.97 Å². The normalized spacial score (nSPS) is 12.1. The molecule has 1 aromatic carbocycles. The quantitative estimate of drug-likeness (QED) is 0.831. The van der Waals surface area contributed by atoms with Gasteiger partial charge >= 0.3 is 11.7 Å². The lowest BCUT2D eigenvalue weighted by atomic mass is 10.1. The molecular weight excluding hydrogens is 307 g/mol. The maximum absolute atomic E-state index is 13.0. The number of hydrogen-bond donors (Lipinski definition) is 2. The lowest BCUT2D eigenvalue weighted by molar-refractivity contribution is 0.00476. The number of nitrogens with zero attached hydrogens (tertiary/aromatic N) is 1. The molecule has 1 aromatic heterocycles. The molecule has 1 heterocycles. The molecule has 23 heavy (non-hydrogen) atoms. The number of carboxylic acids is 1. The van der Waals surface area contributed by atoms with E-state index in [-0.39, 0.29) is 13.0 Å². The number of H-pyrrole nitrogens is 1. The third-order valence-corrected chi connectivity index (χ3v) is 3.21. The Hall–Kier alpha value is -2.74. The molecule has 8 heteroatoms. The molecule has 0 aliphatic heterocycles. The fraction of sp³-hybridized carbons (Fsp3) is 0.267. The molecule has 0 saturated carbocycles. The molecule has 0 aliphatic rings. The maximum Gasteiger partial charge on any atom is 0.342 e. The predicted molar refractivity (Wildman–Crippen MR) is 79.0 cm³/mol. The highest BCUT2D eigenvalue weighted by Gasteiger charge is 2.21. The van der Waals surface area contributed by atoms with Crippen molar-refractivity contribution in [1.29, 1.82) is 0 Å². The summed E-state index contributed by atoms with van der Waals surface area (Å²) in [5.74, 6) is -1.86. The van der Waals surface area contributed by atoms with Crippen LogP contribution >= 0.6 is 0 Å². The number of rotatable bonds is 6. The number of halogens is 1. The topological polar surface area (TPSA) is 101 Å². The second kappa shape index (κ2) is 7.01. The minimum Gasteiger partial charge on any atom is -0.477 e. The molecule has 0 fully saturated rings. The van der Waals surface area contributed by atoms with Gasteiger partial charge in [0, 0.05) is 19.2 Å². The van der Waals surface area contributed by atoms with Crippen LogP contribution in [0.3, 0.4) is 0 Å². The minimum absolute atomic E-state index is 0.111. The van der Waals surface area contributed by atoms with Crippen LogP contribution in [-0.4, -0.2) is 27.2 Å². The Balaban J connectivity index is 2.47. The Kier molecular flexibility index (Phi) is 5.07. The molecule has 1 atom stereocenters. The van der Waals surface area contributed by atoms with Gasteiger partial charge in [-0.25, -0.2) is 18.5 Å².